The third kappa shape index (κ3) is 5.10. The zero-order valence-corrected chi connectivity index (χ0v) is 16.9. The lowest BCUT2D eigenvalue weighted by Gasteiger charge is -2.32. The highest BCUT2D eigenvalue weighted by Gasteiger charge is 2.29. The van der Waals surface area contributed by atoms with Gasteiger partial charge in [0, 0.05) is 25.3 Å². The summed E-state index contributed by atoms with van der Waals surface area (Å²) in [4.78, 5) is 27.1. The summed E-state index contributed by atoms with van der Waals surface area (Å²) in [6, 6.07) is 7.17. The fraction of sp³-hybridized carbons (Fsp3) is 0.500. The van der Waals surface area contributed by atoms with Gasteiger partial charge in [0.05, 0.1) is 12.0 Å². The van der Waals surface area contributed by atoms with E-state index in [9.17, 15) is 9.59 Å². The third-order valence-corrected chi connectivity index (χ3v) is 5.84. The van der Waals surface area contributed by atoms with Crippen LogP contribution in [-0.4, -0.2) is 59.3 Å². The number of hydrogen-bond donors (Lipinski definition) is 1. The molecule has 8 nitrogen and oxygen atoms in total. The van der Waals surface area contributed by atoms with E-state index in [1.165, 1.54) is 11.3 Å². The number of rotatable bonds is 6. The Bertz CT molecular complexity index is 822. The summed E-state index contributed by atoms with van der Waals surface area (Å²) in [6.07, 6.45) is 3.82. The van der Waals surface area contributed by atoms with Gasteiger partial charge in [-0.05, 0) is 49.9 Å². The van der Waals surface area contributed by atoms with E-state index in [1.54, 1.807) is 22.5 Å². The molecule has 0 unspecified atom stereocenters. The van der Waals surface area contributed by atoms with Gasteiger partial charge in [-0.15, -0.1) is 10.2 Å². The lowest BCUT2D eigenvalue weighted by atomic mass is 9.96. The summed E-state index contributed by atoms with van der Waals surface area (Å²) < 4.78 is 11.3. The van der Waals surface area contributed by atoms with Gasteiger partial charge in [0.15, 0.2) is 0 Å². The van der Waals surface area contributed by atoms with Crippen molar-refractivity contribution in [3.8, 4) is 5.75 Å². The average molecular weight is 417 g/mol. The second-order valence-electron chi connectivity index (χ2n) is 7.29. The van der Waals surface area contributed by atoms with Crippen LogP contribution < -0.4 is 10.1 Å². The molecule has 0 radical (unpaired) electrons. The van der Waals surface area contributed by atoms with Crippen molar-refractivity contribution in [2.75, 3.05) is 31.6 Å². The zero-order valence-electron chi connectivity index (χ0n) is 16.1. The summed E-state index contributed by atoms with van der Waals surface area (Å²) in [5, 5.41) is 10.8. The number of likely N-dealkylation sites (tertiary alicyclic amines) is 1. The first kappa shape index (κ1) is 19.8. The van der Waals surface area contributed by atoms with Crippen LogP contribution in [0.1, 0.15) is 36.0 Å². The molecule has 2 aliphatic heterocycles. The monoisotopic (exact) mass is 416 g/mol. The molecule has 2 saturated heterocycles. The van der Waals surface area contributed by atoms with Crippen LogP contribution in [0.15, 0.2) is 29.8 Å². The summed E-state index contributed by atoms with van der Waals surface area (Å²) >= 11 is 1.28. The lowest BCUT2D eigenvalue weighted by Crippen LogP contribution is -2.43. The van der Waals surface area contributed by atoms with Crippen LogP contribution >= 0.6 is 11.3 Å². The minimum atomic E-state index is -0.245. The Kier molecular flexibility index (Phi) is 6.36. The van der Waals surface area contributed by atoms with Crippen molar-refractivity contribution in [1.82, 2.24) is 15.1 Å². The van der Waals surface area contributed by atoms with Gasteiger partial charge in [-0.25, -0.2) is 0 Å². The van der Waals surface area contributed by atoms with Crippen LogP contribution in [0.5, 0.6) is 5.75 Å². The molecular weight excluding hydrogens is 392 g/mol. The van der Waals surface area contributed by atoms with Crippen molar-refractivity contribution in [3.05, 3.63) is 35.3 Å². The van der Waals surface area contributed by atoms with Gasteiger partial charge in [-0.1, -0.05) is 11.3 Å². The first-order valence-corrected chi connectivity index (χ1v) is 10.8. The number of anilines is 1. The molecule has 2 fully saturated rings. The van der Waals surface area contributed by atoms with Crippen molar-refractivity contribution in [2.45, 2.75) is 31.8 Å². The van der Waals surface area contributed by atoms with E-state index in [1.807, 2.05) is 12.1 Å². The van der Waals surface area contributed by atoms with Gasteiger partial charge in [0.25, 0.3) is 5.91 Å². The Labute approximate surface area is 173 Å². The molecule has 2 aromatic rings. The number of hydrogen-bond acceptors (Lipinski definition) is 7. The number of piperidine rings is 1. The number of nitrogens with zero attached hydrogens (tertiary/aromatic N) is 3. The molecule has 2 amide bonds. The lowest BCUT2D eigenvalue weighted by molar-refractivity contribution is -0.121. The van der Waals surface area contributed by atoms with E-state index in [0.29, 0.717) is 30.4 Å². The number of benzene rings is 1. The van der Waals surface area contributed by atoms with Crippen LogP contribution in [0.25, 0.3) is 0 Å². The SMILES string of the molecule is O=C(Nc1nncs1)[C@@H]1CCCN(C(=O)c2ccc(OC[C@H]3CCCO3)cc2)C1. The van der Waals surface area contributed by atoms with E-state index in [-0.39, 0.29) is 23.8 Å². The molecule has 0 spiro atoms. The van der Waals surface area contributed by atoms with E-state index < -0.39 is 0 Å². The molecule has 0 bridgehead atoms. The number of amides is 2. The smallest absolute Gasteiger partial charge is 0.253 e. The van der Waals surface area contributed by atoms with E-state index >= 15 is 0 Å². The Balaban J connectivity index is 1.31. The molecule has 0 aliphatic carbocycles. The number of carbonyl (C=O) groups excluding carboxylic acids is 2. The fourth-order valence-corrected chi connectivity index (χ4v) is 4.10. The molecule has 0 saturated carbocycles. The number of nitrogens with one attached hydrogen (secondary N) is 1. The van der Waals surface area contributed by atoms with Crippen LogP contribution in [0.2, 0.25) is 0 Å². The van der Waals surface area contributed by atoms with Gasteiger partial charge in [-0.2, -0.15) is 0 Å². The van der Waals surface area contributed by atoms with Gasteiger partial charge < -0.3 is 19.7 Å². The zero-order chi connectivity index (χ0) is 20.1. The molecule has 2 atom stereocenters. The van der Waals surface area contributed by atoms with Crippen molar-refractivity contribution in [2.24, 2.45) is 5.92 Å². The predicted octanol–water partition coefficient (Wildman–Crippen LogP) is 2.59. The molecule has 3 heterocycles. The maximum absolute atomic E-state index is 12.9. The Morgan fingerprint density at radius 1 is 1.24 bits per heavy atom. The minimum Gasteiger partial charge on any atom is -0.491 e. The Morgan fingerprint density at radius 3 is 2.83 bits per heavy atom. The van der Waals surface area contributed by atoms with E-state index in [2.05, 4.69) is 15.5 Å². The van der Waals surface area contributed by atoms with Crippen molar-refractivity contribution in [3.63, 3.8) is 0 Å². The molecule has 154 valence electrons. The summed E-state index contributed by atoms with van der Waals surface area (Å²) in [5.41, 5.74) is 2.17. The minimum absolute atomic E-state index is 0.0657. The predicted molar refractivity (Wildman–Crippen MR) is 108 cm³/mol. The highest BCUT2D eigenvalue weighted by Crippen LogP contribution is 2.22. The molecule has 1 N–H and O–H groups in total. The molecule has 4 rings (SSSR count). The third-order valence-electron chi connectivity index (χ3n) is 5.23. The molecule has 1 aromatic carbocycles. The first-order valence-electron chi connectivity index (χ1n) is 9.90. The highest BCUT2D eigenvalue weighted by molar-refractivity contribution is 7.13. The van der Waals surface area contributed by atoms with Crippen molar-refractivity contribution < 1.29 is 19.1 Å². The topological polar surface area (TPSA) is 93.7 Å². The van der Waals surface area contributed by atoms with E-state index in [4.69, 9.17) is 9.47 Å². The Morgan fingerprint density at radius 2 is 2.10 bits per heavy atom. The number of aromatic nitrogens is 2. The van der Waals surface area contributed by atoms with Crippen LogP contribution in [0.4, 0.5) is 5.13 Å². The summed E-state index contributed by atoms with van der Waals surface area (Å²) in [7, 11) is 0. The second kappa shape index (κ2) is 9.32. The highest BCUT2D eigenvalue weighted by atomic mass is 32.1. The summed E-state index contributed by atoms with van der Waals surface area (Å²) in [6.45, 7) is 2.39. The van der Waals surface area contributed by atoms with Crippen molar-refractivity contribution in [1.29, 1.82) is 0 Å². The van der Waals surface area contributed by atoms with Gasteiger partial charge >= 0.3 is 0 Å². The molecular formula is C20H24N4O4S. The van der Waals surface area contributed by atoms with Crippen LogP contribution in [-0.2, 0) is 9.53 Å². The van der Waals surface area contributed by atoms with Gasteiger partial charge in [0.1, 0.15) is 17.9 Å². The summed E-state index contributed by atoms with van der Waals surface area (Å²) in [5.74, 6) is 0.303. The van der Waals surface area contributed by atoms with Gasteiger partial charge in [0.2, 0.25) is 11.0 Å². The quantitative estimate of drug-likeness (QED) is 0.778. The first-order chi connectivity index (χ1) is 14.2. The fourth-order valence-electron chi connectivity index (χ4n) is 3.65. The standard InChI is InChI=1S/C20H24N4O4S/c25-18(22-20-23-21-13-29-20)15-3-1-9-24(11-15)19(26)14-5-7-16(8-6-14)28-12-17-4-2-10-27-17/h5-8,13,15,17H,1-4,9-12H2,(H,22,23,25)/t15-,17-/m1/s1. The Hall–Kier alpha value is -2.52. The average Bonchev–Trinajstić information content (AvgIpc) is 3.46. The molecule has 1 aromatic heterocycles. The normalized spacial score (nSPS) is 21.7. The largest absolute Gasteiger partial charge is 0.491 e. The molecule has 9 heteroatoms. The van der Waals surface area contributed by atoms with Crippen LogP contribution in [0.3, 0.4) is 0 Å². The number of ether oxygens (including phenoxy) is 2. The molecule has 2 aliphatic rings. The van der Waals surface area contributed by atoms with Crippen LogP contribution in [0, 0.1) is 5.92 Å². The molecule has 29 heavy (non-hydrogen) atoms. The maximum atomic E-state index is 12.9. The number of carbonyl (C=O) groups is 2. The van der Waals surface area contributed by atoms with Crippen molar-refractivity contribution >= 4 is 28.3 Å². The second-order valence-corrected chi connectivity index (χ2v) is 8.13. The maximum Gasteiger partial charge on any atom is 0.253 e. The van der Waals surface area contributed by atoms with Gasteiger partial charge in [-0.3, -0.25) is 9.59 Å². The van der Waals surface area contributed by atoms with E-state index in [0.717, 1.165) is 38.0 Å².